The van der Waals surface area contributed by atoms with E-state index in [0.29, 0.717) is 24.8 Å². The monoisotopic (exact) mass is 504 g/mol. The lowest BCUT2D eigenvalue weighted by Crippen LogP contribution is -2.27. The highest BCUT2D eigenvalue weighted by atomic mass is 19.3. The normalized spacial score (nSPS) is 13.6. The van der Waals surface area contributed by atoms with E-state index in [4.69, 9.17) is 4.74 Å². The first-order valence-electron chi connectivity index (χ1n) is 11.4. The fourth-order valence-electron chi connectivity index (χ4n) is 4.44. The van der Waals surface area contributed by atoms with Gasteiger partial charge < -0.3 is 4.74 Å². The first-order chi connectivity index (χ1) is 17.1. The van der Waals surface area contributed by atoms with E-state index in [-0.39, 0.29) is 28.7 Å². The molecule has 3 aromatic rings. The minimum atomic E-state index is -3.82. The Hall–Kier alpha value is -3.55. The van der Waals surface area contributed by atoms with Crippen LogP contribution in [0.2, 0.25) is 0 Å². The maximum atomic E-state index is 15.3. The molecule has 3 aromatic carbocycles. The molecule has 1 aliphatic carbocycles. The Kier molecular flexibility index (Phi) is 6.98. The van der Waals surface area contributed by atoms with Crippen molar-refractivity contribution in [2.45, 2.75) is 45.0 Å². The van der Waals surface area contributed by atoms with Gasteiger partial charge in [0.2, 0.25) is 5.82 Å². The lowest BCUT2D eigenvalue weighted by atomic mass is 9.80. The number of carbonyl (C=O) groups is 1. The van der Waals surface area contributed by atoms with Crippen molar-refractivity contribution in [3.05, 3.63) is 100 Å². The third kappa shape index (κ3) is 4.40. The second-order valence-corrected chi connectivity index (χ2v) is 8.61. The number of esters is 1. The largest absolute Gasteiger partial charge is 0.420 e. The average Bonchev–Trinajstić information content (AvgIpc) is 2.83. The van der Waals surface area contributed by atoms with Crippen molar-refractivity contribution in [1.82, 2.24) is 0 Å². The lowest BCUT2D eigenvalue weighted by molar-refractivity contribution is -0.00928. The molecule has 0 fully saturated rings. The van der Waals surface area contributed by atoms with E-state index >= 15 is 13.2 Å². The summed E-state index contributed by atoms with van der Waals surface area (Å²) in [6, 6.07) is 7.14. The predicted octanol–water partition coefficient (Wildman–Crippen LogP) is 7.85. The predicted molar refractivity (Wildman–Crippen MR) is 123 cm³/mol. The van der Waals surface area contributed by atoms with Crippen LogP contribution in [-0.2, 0) is 25.2 Å². The van der Waals surface area contributed by atoms with Crippen LogP contribution in [-0.4, -0.2) is 5.97 Å². The molecule has 0 bridgehead atoms. The average molecular weight is 504 g/mol. The van der Waals surface area contributed by atoms with E-state index < -0.39 is 58.5 Å². The van der Waals surface area contributed by atoms with Gasteiger partial charge in [-0.15, -0.1) is 6.58 Å². The van der Waals surface area contributed by atoms with Crippen molar-refractivity contribution in [3.63, 3.8) is 0 Å². The Morgan fingerprint density at radius 1 is 0.917 bits per heavy atom. The number of allylic oxidation sites excluding steroid dienone is 1. The van der Waals surface area contributed by atoms with Gasteiger partial charge >= 0.3 is 5.97 Å². The summed E-state index contributed by atoms with van der Waals surface area (Å²) in [5.41, 5.74) is -1.99. The number of aryl methyl sites for hydroxylation is 2. The molecule has 0 heterocycles. The summed E-state index contributed by atoms with van der Waals surface area (Å²) >= 11 is 0. The fourth-order valence-corrected chi connectivity index (χ4v) is 4.44. The number of benzene rings is 3. The van der Waals surface area contributed by atoms with Crippen molar-refractivity contribution in [3.8, 4) is 16.9 Å². The van der Waals surface area contributed by atoms with E-state index in [1.807, 2.05) is 6.92 Å². The second kappa shape index (κ2) is 9.84. The highest BCUT2D eigenvalue weighted by Crippen LogP contribution is 2.48. The number of rotatable bonds is 7. The third-order valence-corrected chi connectivity index (χ3v) is 6.21. The summed E-state index contributed by atoms with van der Waals surface area (Å²) in [6.07, 6.45) is 1.97. The van der Waals surface area contributed by atoms with Crippen LogP contribution in [0.5, 0.6) is 5.75 Å². The highest BCUT2D eigenvalue weighted by Gasteiger charge is 2.44. The van der Waals surface area contributed by atoms with Gasteiger partial charge in [0.15, 0.2) is 11.6 Å². The van der Waals surface area contributed by atoms with Crippen LogP contribution in [0.25, 0.3) is 11.1 Å². The number of alkyl halides is 2. The first kappa shape index (κ1) is 25.5. The molecule has 0 amide bonds. The third-order valence-electron chi connectivity index (χ3n) is 6.21. The summed E-state index contributed by atoms with van der Waals surface area (Å²) < 4.78 is 94.0. The Bertz CT molecular complexity index is 1360. The fraction of sp³-hybridized carbons (Fsp3) is 0.250. The van der Waals surface area contributed by atoms with Gasteiger partial charge in [-0.1, -0.05) is 43.7 Å². The minimum Gasteiger partial charge on any atom is -0.420 e. The second-order valence-electron chi connectivity index (χ2n) is 8.61. The molecule has 1 aliphatic rings. The molecule has 0 atom stereocenters. The van der Waals surface area contributed by atoms with Gasteiger partial charge in [-0.25, -0.2) is 26.7 Å². The molecule has 0 unspecified atom stereocenters. The van der Waals surface area contributed by atoms with Crippen LogP contribution in [0.4, 0.5) is 26.3 Å². The molecule has 4 rings (SSSR count). The Morgan fingerprint density at radius 2 is 1.58 bits per heavy atom. The zero-order chi connectivity index (χ0) is 26.2. The van der Waals surface area contributed by atoms with Crippen LogP contribution < -0.4 is 4.74 Å². The molecule has 0 saturated carbocycles. The van der Waals surface area contributed by atoms with E-state index in [9.17, 15) is 18.0 Å². The highest BCUT2D eigenvalue weighted by molar-refractivity contribution is 5.93. The first-order valence-corrected chi connectivity index (χ1v) is 11.4. The quantitative estimate of drug-likeness (QED) is 0.142. The van der Waals surface area contributed by atoms with Crippen LogP contribution in [0.3, 0.4) is 0 Å². The van der Waals surface area contributed by atoms with E-state index in [2.05, 4.69) is 6.58 Å². The summed E-state index contributed by atoms with van der Waals surface area (Å²) in [7, 11) is 0. The van der Waals surface area contributed by atoms with E-state index in [0.717, 1.165) is 18.2 Å². The molecule has 188 valence electrons. The standard InChI is InChI=1S/C28H22F6O2/c1-3-5-7-16-9-13-21(26(32)24(16)30)36-27(35)19-12-11-18-17-10-8-15(6-4-2)23(29)20(17)14-28(33,34)22(18)25(19)31/h3,8-13H,1,4-7,14H2,2H3. The zero-order valence-electron chi connectivity index (χ0n) is 19.4. The van der Waals surface area contributed by atoms with Crippen LogP contribution in [0.15, 0.2) is 49.1 Å². The number of hydrogen-bond acceptors (Lipinski definition) is 2. The van der Waals surface area contributed by atoms with Gasteiger partial charge in [0.05, 0.1) is 11.1 Å². The molecule has 0 radical (unpaired) electrons. The Morgan fingerprint density at radius 3 is 2.28 bits per heavy atom. The molecular formula is C28H22F6O2. The van der Waals surface area contributed by atoms with Crippen LogP contribution in [0, 0.1) is 23.3 Å². The Labute approximate surface area is 204 Å². The van der Waals surface area contributed by atoms with Crippen molar-refractivity contribution >= 4 is 5.97 Å². The molecule has 0 aromatic heterocycles. The van der Waals surface area contributed by atoms with E-state index in [1.54, 1.807) is 0 Å². The maximum absolute atomic E-state index is 15.3. The minimum absolute atomic E-state index is 0.0276. The molecule has 8 heteroatoms. The smallest absolute Gasteiger partial charge is 0.346 e. The van der Waals surface area contributed by atoms with Crippen LogP contribution in [0.1, 0.15) is 52.4 Å². The maximum Gasteiger partial charge on any atom is 0.346 e. The zero-order valence-corrected chi connectivity index (χ0v) is 19.4. The van der Waals surface area contributed by atoms with Gasteiger partial charge in [-0.3, -0.25) is 0 Å². The summed E-state index contributed by atoms with van der Waals surface area (Å²) in [5, 5.41) is 0. The number of halogens is 6. The Balaban J connectivity index is 1.72. The molecule has 2 nitrogen and oxygen atoms in total. The molecule has 0 N–H and O–H groups in total. The summed E-state index contributed by atoms with van der Waals surface area (Å²) in [5.74, 6) is -11.1. The van der Waals surface area contributed by atoms with Gasteiger partial charge in [0.25, 0.3) is 5.92 Å². The van der Waals surface area contributed by atoms with Crippen molar-refractivity contribution in [1.29, 1.82) is 0 Å². The van der Waals surface area contributed by atoms with Crippen molar-refractivity contribution in [2.24, 2.45) is 0 Å². The lowest BCUT2D eigenvalue weighted by Gasteiger charge is -2.29. The van der Waals surface area contributed by atoms with Crippen molar-refractivity contribution < 1.29 is 35.9 Å². The summed E-state index contributed by atoms with van der Waals surface area (Å²) in [4.78, 5) is 12.6. The summed E-state index contributed by atoms with van der Waals surface area (Å²) in [6.45, 7) is 5.33. The molecular weight excluding hydrogens is 482 g/mol. The van der Waals surface area contributed by atoms with E-state index in [1.165, 1.54) is 24.3 Å². The number of hydrogen-bond donors (Lipinski definition) is 0. The molecule has 36 heavy (non-hydrogen) atoms. The topological polar surface area (TPSA) is 26.3 Å². The van der Waals surface area contributed by atoms with Gasteiger partial charge in [-0.2, -0.15) is 4.39 Å². The van der Waals surface area contributed by atoms with Gasteiger partial charge in [0.1, 0.15) is 11.6 Å². The number of ether oxygens (including phenoxy) is 1. The van der Waals surface area contributed by atoms with Crippen molar-refractivity contribution in [2.75, 3.05) is 0 Å². The molecule has 0 aliphatic heterocycles. The SMILES string of the molecule is C=CCCc1ccc(OC(=O)c2ccc3c(c2F)C(F)(F)Cc2c-3ccc(CCC)c2F)c(F)c1F. The van der Waals surface area contributed by atoms with Gasteiger partial charge in [0, 0.05) is 12.0 Å². The number of carbonyl (C=O) groups excluding carboxylic acids is 1. The van der Waals surface area contributed by atoms with Gasteiger partial charge in [-0.05, 0) is 53.6 Å². The van der Waals surface area contributed by atoms with Crippen LogP contribution >= 0.6 is 0 Å². The number of fused-ring (bicyclic) bond motifs is 3. The molecule has 0 spiro atoms. The molecule has 0 saturated heterocycles.